The van der Waals surface area contributed by atoms with Crippen molar-refractivity contribution in [2.75, 3.05) is 20.2 Å². The first-order valence-electron chi connectivity index (χ1n) is 6.17. The summed E-state index contributed by atoms with van der Waals surface area (Å²) >= 11 is 0. The maximum absolute atomic E-state index is 5.84. The predicted octanol–water partition coefficient (Wildman–Crippen LogP) is 1.52. The average molecular weight is 214 g/mol. The molecule has 1 aliphatic rings. The third kappa shape index (κ3) is 3.16. The van der Waals surface area contributed by atoms with Gasteiger partial charge in [0.1, 0.15) is 0 Å². The molecule has 0 bridgehead atoms. The fraction of sp³-hybridized carbons (Fsp3) is 1.00. The maximum atomic E-state index is 5.84. The summed E-state index contributed by atoms with van der Waals surface area (Å²) in [4.78, 5) is 0. The second kappa shape index (κ2) is 5.83. The molecule has 1 aliphatic carbocycles. The topological polar surface area (TPSA) is 47.3 Å². The van der Waals surface area contributed by atoms with Crippen LogP contribution < -0.4 is 11.1 Å². The Hall–Kier alpha value is -0.120. The van der Waals surface area contributed by atoms with Crippen LogP contribution in [0.4, 0.5) is 0 Å². The first kappa shape index (κ1) is 12.9. The monoisotopic (exact) mass is 214 g/mol. The minimum absolute atomic E-state index is 0.170. The van der Waals surface area contributed by atoms with Crippen LogP contribution in [0.25, 0.3) is 0 Å². The smallest absolute Gasteiger partial charge is 0.0607 e. The zero-order chi connectivity index (χ0) is 11.3. The Morgan fingerprint density at radius 3 is 2.40 bits per heavy atom. The number of methoxy groups -OCH3 is 1. The zero-order valence-electron chi connectivity index (χ0n) is 10.4. The lowest BCUT2D eigenvalue weighted by Crippen LogP contribution is -2.63. The molecule has 0 aliphatic heterocycles. The second-order valence-electron chi connectivity index (χ2n) is 4.81. The molecule has 1 fully saturated rings. The van der Waals surface area contributed by atoms with E-state index in [0.717, 1.165) is 31.8 Å². The van der Waals surface area contributed by atoms with Gasteiger partial charge in [0, 0.05) is 19.2 Å². The highest BCUT2D eigenvalue weighted by molar-refractivity contribution is 5.02. The van der Waals surface area contributed by atoms with E-state index in [-0.39, 0.29) is 5.54 Å². The van der Waals surface area contributed by atoms with E-state index in [1.807, 2.05) is 0 Å². The summed E-state index contributed by atoms with van der Waals surface area (Å²) in [6.07, 6.45) is 5.05. The van der Waals surface area contributed by atoms with Gasteiger partial charge < -0.3 is 15.8 Å². The van der Waals surface area contributed by atoms with Gasteiger partial charge in [0.2, 0.25) is 0 Å². The summed E-state index contributed by atoms with van der Waals surface area (Å²) < 4.78 is 5.31. The summed E-state index contributed by atoms with van der Waals surface area (Å²) in [6, 6.07) is 0. The van der Waals surface area contributed by atoms with Gasteiger partial charge in [0.05, 0.1) is 6.10 Å². The van der Waals surface area contributed by atoms with E-state index in [1.54, 1.807) is 7.11 Å². The second-order valence-corrected chi connectivity index (χ2v) is 4.81. The standard InChI is InChI=1S/C12H26N2O/c1-4-10(5-2)8-14-12(9-13)6-11(7-12)15-3/h10-11,14H,4-9,13H2,1-3H3. The lowest BCUT2D eigenvalue weighted by atomic mass is 9.74. The Labute approximate surface area is 93.8 Å². The third-order valence-electron chi connectivity index (χ3n) is 3.88. The molecular formula is C12H26N2O. The molecule has 3 N–H and O–H groups in total. The van der Waals surface area contributed by atoms with Crippen LogP contribution in [-0.4, -0.2) is 31.8 Å². The van der Waals surface area contributed by atoms with Gasteiger partial charge in [-0.05, 0) is 25.3 Å². The van der Waals surface area contributed by atoms with E-state index in [2.05, 4.69) is 19.2 Å². The molecule has 0 aromatic carbocycles. The van der Waals surface area contributed by atoms with Crippen molar-refractivity contribution in [3.63, 3.8) is 0 Å². The van der Waals surface area contributed by atoms with Crippen molar-refractivity contribution >= 4 is 0 Å². The van der Waals surface area contributed by atoms with Crippen LogP contribution in [-0.2, 0) is 4.74 Å². The van der Waals surface area contributed by atoms with Gasteiger partial charge in [-0.2, -0.15) is 0 Å². The molecule has 0 spiro atoms. The first-order chi connectivity index (χ1) is 7.19. The van der Waals surface area contributed by atoms with Gasteiger partial charge >= 0.3 is 0 Å². The molecule has 3 heteroatoms. The van der Waals surface area contributed by atoms with Crippen molar-refractivity contribution in [1.29, 1.82) is 0 Å². The molecule has 0 unspecified atom stereocenters. The largest absolute Gasteiger partial charge is 0.381 e. The van der Waals surface area contributed by atoms with Crippen molar-refractivity contribution in [3.05, 3.63) is 0 Å². The van der Waals surface area contributed by atoms with Crippen molar-refractivity contribution in [2.45, 2.75) is 51.2 Å². The SMILES string of the molecule is CCC(CC)CNC1(CN)CC(OC)C1. The Balaban J connectivity index is 2.29. The van der Waals surface area contributed by atoms with Gasteiger partial charge in [0.25, 0.3) is 0 Å². The van der Waals surface area contributed by atoms with Crippen molar-refractivity contribution in [1.82, 2.24) is 5.32 Å². The fourth-order valence-electron chi connectivity index (χ4n) is 2.30. The molecule has 1 saturated carbocycles. The number of nitrogens with two attached hydrogens (primary N) is 1. The van der Waals surface area contributed by atoms with Gasteiger partial charge in [0.15, 0.2) is 0 Å². The van der Waals surface area contributed by atoms with Crippen LogP contribution in [0.3, 0.4) is 0 Å². The molecule has 90 valence electrons. The van der Waals surface area contributed by atoms with E-state index in [1.165, 1.54) is 12.8 Å². The fourth-order valence-corrected chi connectivity index (χ4v) is 2.30. The quantitative estimate of drug-likeness (QED) is 0.675. The van der Waals surface area contributed by atoms with E-state index >= 15 is 0 Å². The molecule has 1 rings (SSSR count). The van der Waals surface area contributed by atoms with Crippen molar-refractivity contribution in [2.24, 2.45) is 11.7 Å². The highest BCUT2D eigenvalue weighted by atomic mass is 16.5. The molecule has 0 aromatic heterocycles. The van der Waals surface area contributed by atoms with Gasteiger partial charge in [-0.25, -0.2) is 0 Å². The van der Waals surface area contributed by atoms with Gasteiger partial charge in [-0.3, -0.25) is 0 Å². The molecule has 0 radical (unpaired) electrons. The van der Waals surface area contributed by atoms with Crippen LogP contribution in [0.15, 0.2) is 0 Å². The minimum atomic E-state index is 0.170. The number of hydrogen-bond acceptors (Lipinski definition) is 3. The number of hydrogen-bond donors (Lipinski definition) is 2. The highest BCUT2D eigenvalue weighted by Gasteiger charge is 2.43. The maximum Gasteiger partial charge on any atom is 0.0607 e. The molecular weight excluding hydrogens is 188 g/mol. The Bertz CT molecular complexity index is 174. The van der Waals surface area contributed by atoms with Gasteiger partial charge in [-0.1, -0.05) is 26.7 Å². The van der Waals surface area contributed by atoms with Crippen molar-refractivity contribution in [3.8, 4) is 0 Å². The lowest BCUT2D eigenvalue weighted by Gasteiger charge is -2.47. The summed E-state index contributed by atoms with van der Waals surface area (Å²) in [5.74, 6) is 0.787. The average Bonchev–Trinajstić information content (AvgIpc) is 2.22. The molecule has 15 heavy (non-hydrogen) atoms. The third-order valence-corrected chi connectivity index (χ3v) is 3.88. The van der Waals surface area contributed by atoms with Crippen LogP contribution in [0, 0.1) is 5.92 Å². The van der Waals surface area contributed by atoms with Gasteiger partial charge in [-0.15, -0.1) is 0 Å². The van der Waals surface area contributed by atoms with E-state index in [4.69, 9.17) is 10.5 Å². The molecule has 3 nitrogen and oxygen atoms in total. The van der Waals surface area contributed by atoms with Crippen LogP contribution in [0.5, 0.6) is 0 Å². The number of ether oxygens (including phenoxy) is 1. The zero-order valence-corrected chi connectivity index (χ0v) is 10.4. The normalized spacial score (nSPS) is 30.6. The number of rotatable bonds is 7. The molecule has 0 atom stereocenters. The summed E-state index contributed by atoms with van der Waals surface area (Å²) in [6.45, 7) is 6.33. The van der Waals surface area contributed by atoms with E-state index in [9.17, 15) is 0 Å². The summed E-state index contributed by atoms with van der Waals surface area (Å²) in [5, 5.41) is 3.64. The van der Waals surface area contributed by atoms with Crippen LogP contribution in [0.1, 0.15) is 39.5 Å². The number of nitrogens with one attached hydrogen (secondary N) is 1. The minimum Gasteiger partial charge on any atom is -0.381 e. The summed E-state index contributed by atoms with van der Waals surface area (Å²) in [5.41, 5.74) is 6.01. The Kier molecular flexibility index (Phi) is 5.03. The molecule has 0 amide bonds. The Morgan fingerprint density at radius 2 is 2.00 bits per heavy atom. The molecule has 0 aromatic rings. The molecule has 0 heterocycles. The molecule has 0 saturated heterocycles. The highest BCUT2D eigenvalue weighted by Crippen LogP contribution is 2.33. The van der Waals surface area contributed by atoms with Crippen LogP contribution in [0.2, 0.25) is 0 Å². The first-order valence-corrected chi connectivity index (χ1v) is 6.17. The lowest BCUT2D eigenvalue weighted by molar-refractivity contribution is -0.0279. The Morgan fingerprint density at radius 1 is 1.40 bits per heavy atom. The van der Waals surface area contributed by atoms with Crippen molar-refractivity contribution < 1.29 is 4.74 Å². The van der Waals surface area contributed by atoms with Crippen LogP contribution >= 0.6 is 0 Å². The summed E-state index contributed by atoms with van der Waals surface area (Å²) in [7, 11) is 1.78. The van der Waals surface area contributed by atoms with E-state index < -0.39 is 0 Å². The van der Waals surface area contributed by atoms with E-state index in [0.29, 0.717) is 6.10 Å². The predicted molar refractivity (Wildman–Crippen MR) is 63.9 cm³/mol.